The van der Waals surface area contributed by atoms with E-state index < -0.39 is 5.78 Å². The summed E-state index contributed by atoms with van der Waals surface area (Å²) in [5.41, 5.74) is 1.90. The zero-order valence-electron chi connectivity index (χ0n) is 15.6. The molecule has 1 radical (unpaired) electrons. The minimum atomic E-state index is -0.433. The van der Waals surface area contributed by atoms with Gasteiger partial charge in [-0.3, -0.25) is 9.59 Å². The van der Waals surface area contributed by atoms with Crippen LogP contribution in [-0.4, -0.2) is 22.0 Å². The number of Topliss-reactive ketones (excluding diaryl/α,β-unsaturated/α-hetero) is 1. The number of benzene rings is 2. The Morgan fingerprint density at radius 2 is 1.93 bits per heavy atom. The smallest absolute Gasteiger partial charge is 0.239 e. The second kappa shape index (κ2) is 10.0. The van der Waals surface area contributed by atoms with Gasteiger partial charge in [0, 0.05) is 28.1 Å². The van der Waals surface area contributed by atoms with Crippen LogP contribution in [0.3, 0.4) is 0 Å². The molecule has 0 saturated carbocycles. The van der Waals surface area contributed by atoms with E-state index in [4.69, 9.17) is 11.6 Å². The number of nitrogens with one attached hydrogen (secondary N) is 1. The Labute approximate surface area is 178 Å². The third-order valence-electron chi connectivity index (χ3n) is 3.86. The lowest BCUT2D eigenvalue weighted by Gasteiger charge is -2.06. The SMILES string of the molecule is Cc1cc(Cl)nc(NC=C([C]=O)C(=O)c2cccc(CSc3ccccc3)c2)n1. The standard InChI is InChI=1S/C22H17ClN3O2S/c1-15-10-20(23)26-22(25-15)24-12-18(13-27)21(28)17-7-5-6-16(11-17)14-29-19-8-3-2-4-9-19/h2-12H,14H2,1H3,(H,24,25,26). The number of ketones is 1. The van der Waals surface area contributed by atoms with Crippen LogP contribution in [0.25, 0.3) is 0 Å². The number of hydrogen-bond acceptors (Lipinski definition) is 6. The van der Waals surface area contributed by atoms with E-state index in [0.717, 1.165) is 10.5 Å². The van der Waals surface area contributed by atoms with Crippen molar-refractivity contribution in [1.29, 1.82) is 0 Å². The van der Waals surface area contributed by atoms with Crippen molar-refractivity contribution in [2.75, 3.05) is 5.32 Å². The minimum Gasteiger partial charge on any atom is -0.330 e. The number of aromatic nitrogens is 2. The van der Waals surface area contributed by atoms with E-state index in [9.17, 15) is 9.59 Å². The molecule has 7 heteroatoms. The van der Waals surface area contributed by atoms with Gasteiger partial charge in [-0.1, -0.05) is 48.0 Å². The quantitative estimate of drug-likeness (QED) is 0.137. The zero-order chi connectivity index (χ0) is 20.6. The molecule has 5 nitrogen and oxygen atoms in total. The topological polar surface area (TPSA) is 72.0 Å². The first-order valence-corrected chi connectivity index (χ1v) is 10.1. The van der Waals surface area contributed by atoms with Crippen molar-refractivity contribution in [1.82, 2.24) is 9.97 Å². The summed E-state index contributed by atoms with van der Waals surface area (Å²) in [5.74, 6) is 0.476. The Morgan fingerprint density at radius 3 is 2.66 bits per heavy atom. The number of hydrogen-bond donors (Lipinski definition) is 1. The first-order chi connectivity index (χ1) is 14.0. The maximum Gasteiger partial charge on any atom is 0.239 e. The van der Waals surface area contributed by atoms with E-state index >= 15 is 0 Å². The molecule has 0 bridgehead atoms. The van der Waals surface area contributed by atoms with Crippen LogP contribution in [0.5, 0.6) is 0 Å². The predicted molar refractivity (Wildman–Crippen MR) is 116 cm³/mol. The molecular formula is C22H17ClN3O2S. The molecule has 0 unspecified atom stereocenters. The molecule has 1 N–H and O–H groups in total. The highest BCUT2D eigenvalue weighted by atomic mass is 35.5. The average molecular weight is 423 g/mol. The van der Waals surface area contributed by atoms with E-state index in [2.05, 4.69) is 15.3 Å². The molecule has 3 rings (SSSR count). The third-order valence-corrected chi connectivity index (χ3v) is 5.14. The van der Waals surface area contributed by atoms with Crippen LogP contribution < -0.4 is 5.32 Å². The fourth-order valence-corrected chi connectivity index (χ4v) is 3.61. The van der Waals surface area contributed by atoms with Crippen LogP contribution >= 0.6 is 23.4 Å². The average Bonchev–Trinajstić information content (AvgIpc) is 2.73. The van der Waals surface area contributed by atoms with Gasteiger partial charge in [0.2, 0.25) is 12.2 Å². The van der Waals surface area contributed by atoms with Crippen molar-refractivity contribution in [3.8, 4) is 0 Å². The molecule has 1 heterocycles. The Balaban J connectivity index is 1.72. The number of rotatable bonds is 8. The van der Waals surface area contributed by atoms with Gasteiger partial charge in [0.1, 0.15) is 5.15 Å². The first-order valence-electron chi connectivity index (χ1n) is 8.72. The molecule has 2 aromatic carbocycles. The maximum absolute atomic E-state index is 12.7. The van der Waals surface area contributed by atoms with Crippen LogP contribution in [0.2, 0.25) is 5.15 Å². The zero-order valence-corrected chi connectivity index (χ0v) is 17.1. The summed E-state index contributed by atoms with van der Waals surface area (Å²) in [6.45, 7) is 1.76. The van der Waals surface area contributed by atoms with Gasteiger partial charge in [0.15, 0.2) is 5.78 Å². The molecule has 0 atom stereocenters. The highest BCUT2D eigenvalue weighted by Gasteiger charge is 2.13. The fraction of sp³-hybridized carbons (Fsp3) is 0.0909. The van der Waals surface area contributed by atoms with E-state index in [1.54, 1.807) is 49.2 Å². The van der Waals surface area contributed by atoms with Crippen LogP contribution in [0.4, 0.5) is 5.95 Å². The van der Waals surface area contributed by atoms with Gasteiger partial charge in [-0.15, -0.1) is 11.8 Å². The number of carbonyl (C=O) groups is 1. The normalized spacial score (nSPS) is 11.2. The number of allylic oxidation sites excluding steroid dienone is 1. The third kappa shape index (κ3) is 6.01. The monoisotopic (exact) mass is 422 g/mol. The molecular weight excluding hydrogens is 406 g/mol. The van der Waals surface area contributed by atoms with Crippen molar-refractivity contribution in [2.24, 2.45) is 0 Å². The molecule has 0 spiro atoms. The number of carbonyl (C=O) groups excluding carboxylic acids is 2. The summed E-state index contributed by atoms with van der Waals surface area (Å²) >= 11 is 7.56. The molecule has 3 aromatic rings. The van der Waals surface area contributed by atoms with Gasteiger partial charge < -0.3 is 5.32 Å². The highest BCUT2D eigenvalue weighted by molar-refractivity contribution is 7.98. The molecule has 0 saturated heterocycles. The molecule has 0 aliphatic carbocycles. The van der Waals surface area contributed by atoms with Gasteiger partial charge in [0.25, 0.3) is 0 Å². The summed E-state index contributed by atoms with van der Waals surface area (Å²) in [6, 6.07) is 18.8. The van der Waals surface area contributed by atoms with Crippen molar-refractivity contribution < 1.29 is 9.59 Å². The van der Waals surface area contributed by atoms with E-state index in [0.29, 0.717) is 17.0 Å². The Morgan fingerprint density at radius 1 is 1.14 bits per heavy atom. The molecule has 29 heavy (non-hydrogen) atoms. The highest BCUT2D eigenvalue weighted by Crippen LogP contribution is 2.23. The molecule has 0 fully saturated rings. The van der Waals surface area contributed by atoms with Crippen LogP contribution in [0.15, 0.2) is 77.3 Å². The fourth-order valence-electron chi connectivity index (χ4n) is 2.51. The van der Waals surface area contributed by atoms with Gasteiger partial charge in [-0.05, 0) is 36.8 Å². The molecule has 0 aliphatic rings. The molecule has 145 valence electrons. The summed E-state index contributed by atoms with van der Waals surface area (Å²) in [7, 11) is 0. The maximum atomic E-state index is 12.7. The van der Waals surface area contributed by atoms with Crippen molar-refractivity contribution in [3.05, 3.63) is 94.4 Å². The largest absolute Gasteiger partial charge is 0.330 e. The lowest BCUT2D eigenvalue weighted by atomic mass is 10.0. The van der Waals surface area contributed by atoms with Gasteiger partial charge in [-0.2, -0.15) is 0 Å². The second-order valence-electron chi connectivity index (χ2n) is 6.09. The number of nitrogens with zero attached hydrogens (tertiary/aromatic N) is 2. The van der Waals surface area contributed by atoms with Crippen molar-refractivity contribution in [3.63, 3.8) is 0 Å². The molecule has 0 amide bonds. The summed E-state index contributed by atoms with van der Waals surface area (Å²) in [6.07, 6.45) is 2.92. The Hall–Kier alpha value is -2.96. The van der Waals surface area contributed by atoms with Crippen molar-refractivity contribution in [2.45, 2.75) is 17.6 Å². The number of halogens is 1. The van der Waals surface area contributed by atoms with E-state index in [1.807, 2.05) is 36.4 Å². The number of thioether (sulfide) groups is 1. The van der Waals surface area contributed by atoms with Gasteiger partial charge in [-0.25, -0.2) is 9.97 Å². The van der Waals surface area contributed by atoms with Crippen LogP contribution in [0, 0.1) is 6.92 Å². The second-order valence-corrected chi connectivity index (χ2v) is 7.53. The van der Waals surface area contributed by atoms with Crippen LogP contribution in [-0.2, 0) is 10.5 Å². The first kappa shape index (κ1) is 20.8. The lowest BCUT2D eigenvalue weighted by molar-refractivity contribution is 0.104. The number of anilines is 1. The summed E-state index contributed by atoms with van der Waals surface area (Å²) in [4.78, 5) is 33.3. The summed E-state index contributed by atoms with van der Waals surface area (Å²) < 4.78 is 0. The Bertz CT molecular complexity index is 1030. The number of aryl methyl sites for hydroxylation is 1. The van der Waals surface area contributed by atoms with Crippen LogP contribution in [0.1, 0.15) is 21.6 Å². The Kier molecular flexibility index (Phi) is 7.16. The minimum absolute atomic E-state index is 0.154. The predicted octanol–water partition coefficient (Wildman–Crippen LogP) is 5.02. The van der Waals surface area contributed by atoms with Crippen molar-refractivity contribution >= 4 is 41.4 Å². The molecule has 1 aromatic heterocycles. The van der Waals surface area contributed by atoms with Gasteiger partial charge >= 0.3 is 0 Å². The van der Waals surface area contributed by atoms with Gasteiger partial charge in [0.05, 0.1) is 5.57 Å². The van der Waals surface area contributed by atoms with E-state index in [1.165, 1.54) is 6.20 Å². The lowest BCUT2D eigenvalue weighted by Crippen LogP contribution is -2.08. The van der Waals surface area contributed by atoms with E-state index in [-0.39, 0.29) is 16.7 Å². The molecule has 0 aliphatic heterocycles. The summed E-state index contributed by atoms with van der Waals surface area (Å²) in [5, 5.41) is 3.00.